The maximum atomic E-state index is 12.1. The summed E-state index contributed by atoms with van der Waals surface area (Å²) in [5.41, 5.74) is 0.485. The SMILES string of the molecule is CCNc1cc(C(=O)NCC2CCSC2)c(Cl)cn1. The fourth-order valence-corrected chi connectivity index (χ4v) is 3.44. The summed E-state index contributed by atoms with van der Waals surface area (Å²) in [7, 11) is 0. The Balaban J connectivity index is 1.98. The minimum atomic E-state index is -0.122. The topological polar surface area (TPSA) is 54.0 Å². The Morgan fingerprint density at radius 1 is 1.63 bits per heavy atom. The van der Waals surface area contributed by atoms with Crippen molar-refractivity contribution in [2.45, 2.75) is 13.3 Å². The van der Waals surface area contributed by atoms with E-state index >= 15 is 0 Å². The second kappa shape index (κ2) is 7.01. The molecule has 0 aromatic carbocycles. The van der Waals surface area contributed by atoms with Crippen LogP contribution in [-0.4, -0.2) is 35.5 Å². The van der Waals surface area contributed by atoms with Crippen molar-refractivity contribution in [3.8, 4) is 0 Å². The zero-order valence-electron chi connectivity index (χ0n) is 10.9. The highest BCUT2D eigenvalue weighted by Gasteiger charge is 2.18. The lowest BCUT2D eigenvalue weighted by Crippen LogP contribution is -2.29. The Morgan fingerprint density at radius 2 is 2.47 bits per heavy atom. The molecule has 0 aliphatic carbocycles. The third-order valence-electron chi connectivity index (χ3n) is 3.03. The summed E-state index contributed by atoms with van der Waals surface area (Å²) in [6.07, 6.45) is 2.69. The number of nitrogens with one attached hydrogen (secondary N) is 2. The molecule has 0 saturated carbocycles. The molecule has 1 aromatic rings. The smallest absolute Gasteiger partial charge is 0.253 e. The first-order valence-corrected chi connectivity index (χ1v) is 7.99. The zero-order chi connectivity index (χ0) is 13.7. The predicted octanol–water partition coefficient (Wildman–Crippen LogP) is 2.65. The molecule has 1 saturated heterocycles. The van der Waals surface area contributed by atoms with Crippen molar-refractivity contribution in [1.29, 1.82) is 0 Å². The fourth-order valence-electron chi connectivity index (χ4n) is 1.97. The standard InChI is InChI=1S/C13H18ClN3OS/c1-2-15-12-5-10(11(14)7-16-12)13(18)17-6-9-3-4-19-8-9/h5,7,9H,2-4,6,8H2,1H3,(H,15,16)(H,17,18). The number of carbonyl (C=O) groups excluding carboxylic acids is 1. The Morgan fingerprint density at radius 3 is 3.16 bits per heavy atom. The predicted molar refractivity (Wildman–Crippen MR) is 81.2 cm³/mol. The number of nitrogens with zero attached hydrogens (tertiary/aromatic N) is 1. The molecule has 1 fully saturated rings. The number of thioether (sulfide) groups is 1. The van der Waals surface area contributed by atoms with E-state index < -0.39 is 0 Å². The molecule has 0 bridgehead atoms. The Labute approximate surface area is 122 Å². The molecule has 1 amide bonds. The molecule has 2 heterocycles. The van der Waals surface area contributed by atoms with Crippen LogP contribution in [0.25, 0.3) is 0 Å². The van der Waals surface area contributed by atoms with Crippen LogP contribution in [0.4, 0.5) is 5.82 Å². The molecular weight excluding hydrogens is 282 g/mol. The quantitative estimate of drug-likeness (QED) is 0.877. The summed E-state index contributed by atoms with van der Waals surface area (Å²) in [5, 5.41) is 6.42. The van der Waals surface area contributed by atoms with Gasteiger partial charge in [0, 0.05) is 19.3 Å². The summed E-state index contributed by atoms with van der Waals surface area (Å²) >= 11 is 7.98. The van der Waals surface area contributed by atoms with Crippen molar-refractivity contribution in [2.75, 3.05) is 29.9 Å². The highest BCUT2D eigenvalue weighted by atomic mass is 35.5. The summed E-state index contributed by atoms with van der Waals surface area (Å²) in [4.78, 5) is 16.2. The largest absolute Gasteiger partial charge is 0.370 e. The van der Waals surface area contributed by atoms with E-state index in [2.05, 4.69) is 15.6 Å². The van der Waals surface area contributed by atoms with E-state index in [1.807, 2.05) is 18.7 Å². The van der Waals surface area contributed by atoms with Gasteiger partial charge in [0.15, 0.2) is 0 Å². The second-order valence-electron chi connectivity index (χ2n) is 4.52. The normalized spacial score (nSPS) is 18.3. The van der Waals surface area contributed by atoms with E-state index in [1.165, 1.54) is 18.4 Å². The van der Waals surface area contributed by atoms with Crippen LogP contribution in [0, 0.1) is 5.92 Å². The molecule has 2 rings (SSSR count). The van der Waals surface area contributed by atoms with Gasteiger partial charge in [-0.1, -0.05) is 11.6 Å². The first-order valence-electron chi connectivity index (χ1n) is 6.46. The van der Waals surface area contributed by atoms with Gasteiger partial charge in [0.2, 0.25) is 0 Å². The first kappa shape index (κ1) is 14.5. The van der Waals surface area contributed by atoms with Crippen LogP contribution >= 0.6 is 23.4 Å². The highest BCUT2D eigenvalue weighted by molar-refractivity contribution is 7.99. The molecule has 0 spiro atoms. The number of amides is 1. The van der Waals surface area contributed by atoms with E-state index in [0.29, 0.717) is 22.3 Å². The lowest BCUT2D eigenvalue weighted by Gasteiger charge is -2.11. The number of hydrogen-bond acceptors (Lipinski definition) is 4. The van der Waals surface area contributed by atoms with Crippen molar-refractivity contribution in [3.63, 3.8) is 0 Å². The minimum absolute atomic E-state index is 0.122. The van der Waals surface area contributed by atoms with Crippen LogP contribution in [0.15, 0.2) is 12.3 Å². The first-order chi connectivity index (χ1) is 9.20. The number of anilines is 1. The van der Waals surface area contributed by atoms with Gasteiger partial charge in [-0.05, 0) is 36.8 Å². The van der Waals surface area contributed by atoms with Crippen molar-refractivity contribution < 1.29 is 4.79 Å². The number of aromatic nitrogens is 1. The van der Waals surface area contributed by atoms with Crippen molar-refractivity contribution >= 4 is 35.1 Å². The van der Waals surface area contributed by atoms with Crippen molar-refractivity contribution in [2.24, 2.45) is 5.92 Å². The van der Waals surface area contributed by atoms with Gasteiger partial charge in [-0.2, -0.15) is 11.8 Å². The van der Waals surface area contributed by atoms with E-state index in [9.17, 15) is 4.79 Å². The van der Waals surface area contributed by atoms with Crippen LogP contribution in [0.2, 0.25) is 5.02 Å². The third kappa shape index (κ3) is 4.01. The lowest BCUT2D eigenvalue weighted by atomic mass is 10.1. The van der Waals surface area contributed by atoms with Gasteiger partial charge >= 0.3 is 0 Å². The highest BCUT2D eigenvalue weighted by Crippen LogP contribution is 2.23. The summed E-state index contributed by atoms with van der Waals surface area (Å²) in [5.74, 6) is 3.47. The van der Waals surface area contributed by atoms with Gasteiger partial charge in [-0.25, -0.2) is 4.98 Å². The molecule has 1 atom stereocenters. The molecule has 2 N–H and O–H groups in total. The molecule has 4 nitrogen and oxygen atoms in total. The summed E-state index contributed by atoms with van der Waals surface area (Å²) < 4.78 is 0. The monoisotopic (exact) mass is 299 g/mol. The van der Waals surface area contributed by atoms with Gasteiger partial charge < -0.3 is 10.6 Å². The molecule has 1 aliphatic heterocycles. The van der Waals surface area contributed by atoms with E-state index in [-0.39, 0.29) is 5.91 Å². The molecule has 104 valence electrons. The Hall–Kier alpha value is -0.940. The van der Waals surface area contributed by atoms with Crippen LogP contribution < -0.4 is 10.6 Å². The fraction of sp³-hybridized carbons (Fsp3) is 0.538. The number of hydrogen-bond donors (Lipinski definition) is 2. The van der Waals surface area contributed by atoms with Crippen molar-refractivity contribution in [1.82, 2.24) is 10.3 Å². The molecule has 1 aromatic heterocycles. The van der Waals surface area contributed by atoms with Crippen LogP contribution in [0.3, 0.4) is 0 Å². The van der Waals surface area contributed by atoms with Crippen molar-refractivity contribution in [3.05, 3.63) is 22.8 Å². The molecule has 19 heavy (non-hydrogen) atoms. The maximum absolute atomic E-state index is 12.1. The number of halogens is 1. The van der Waals surface area contributed by atoms with E-state index in [1.54, 1.807) is 6.07 Å². The summed E-state index contributed by atoms with van der Waals surface area (Å²) in [6.45, 7) is 3.46. The minimum Gasteiger partial charge on any atom is -0.370 e. The average molecular weight is 300 g/mol. The zero-order valence-corrected chi connectivity index (χ0v) is 12.5. The number of rotatable bonds is 5. The van der Waals surface area contributed by atoms with Gasteiger partial charge in [0.1, 0.15) is 5.82 Å². The van der Waals surface area contributed by atoms with Crippen LogP contribution in [0.1, 0.15) is 23.7 Å². The van der Waals surface area contributed by atoms with Gasteiger partial charge in [-0.15, -0.1) is 0 Å². The van der Waals surface area contributed by atoms with Gasteiger partial charge in [-0.3, -0.25) is 4.79 Å². The third-order valence-corrected chi connectivity index (χ3v) is 4.57. The number of pyridine rings is 1. The Bertz CT molecular complexity index is 450. The van der Waals surface area contributed by atoms with Gasteiger partial charge in [0.25, 0.3) is 5.91 Å². The molecule has 1 unspecified atom stereocenters. The second-order valence-corrected chi connectivity index (χ2v) is 6.08. The maximum Gasteiger partial charge on any atom is 0.253 e. The molecule has 6 heteroatoms. The van der Waals surface area contributed by atoms with Crippen LogP contribution in [0.5, 0.6) is 0 Å². The lowest BCUT2D eigenvalue weighted by molar-refractivity contribution is 0.0948. The molecule has 0 radical (unpaired) electrons. The van der Waals surface area contributed by atoms with Crippen LogP contribution in [-0.2, 0) is 0 Å². The summed E-state index contributed by atoms with van der Waals surface area (Å²) in [6, 6.07) is 1.70. The average Bonchev–Trinajstić information content (AvgIpc) is 2.92. The van der Waals surface area contributed by atoms with E-state index in [4.69, 9.17) is 11.6 Å². The molecular formula is C13H18ClN3OS. The van der Waals surface area contributed by atoms with E-state index in [0.717, 1.165) is 18.8 Å². The number of carbonyl (C=O) groups is 1. The van der Waals surface area contributed by atoms with Gasteiger partial charge in [0.05, 0.1) is 10.6 Å². The Kier molecular flexibility index (Phi) is 5.34. The molecule has 1 aliphatic rings.